The first-order valence-electron chi connectivity index (χ1n) is 6.03. The van der Waals surface area contributed by atoms with Crippen molar-refractivity contribution in [1.82, 2.24) is 5.32 Å². The van der Waals surface area contributed by atoms with Crippen LogP contribution in [0.25, 0.3) is 0 Å². The maximum atomic E-state index is 12.8. The van der Waals surface area contributed by atoms with Crippen LogP contribution in [0.5, 0.6) is 0 Å². The molecule has 1 atom stereocenters. The molecule has 0 bridgehead atoms. The van der Waals surface area contributed by atoms with E-state index < -0.39 is 0 Å². The Morgan fingerprint density at radius 1 is 1.05 bits per heavy atom. The van der Waals surface area contributed by atoms with Crippen molar-refractivity contribution >= 4 is 11.7 Å². The van der Waals surface area contributed by atoms with Crippen LogP contribution in [-0.4, -0.2) is 6.03 Å². The van der Waals surface area contributed by atoms with Crippen LogP contribution in [0.1, 0.15) is 18.5 Å². The topological polar surface area (TPSA) is 41.1 Å². The molecule has 2 rings (SSSR count). The highest BCUT2D eigenvalue weighted by atomic mass is 19.1. The SMILES string of the molecule is C[C@@H](NC(=O)Nc1ccccc1)c1ccc(F)cc1. The van der Waals surface area contributed by atoms with E-state index in [1.54, 1.807) is 12.1 Å². The van der Waals surface area contributed by atoms with E-state index in [0.29, 0.717) is 0 Å². The van der Waals surface area contributed by atoms with Crippen LogP contribution in [0.4, 0.5) is 14.9 Å². The van der Waals surface area contributed by atoms with E-state index in [1.165, 1.54) is 12.1 Å². The Balaban J connectivity index is 1.93. The third kappa shape index (κ3) is 3.81. The summed E-state index contributed by atoms with van der Waals surface area (Å²) in [5.41, 5.74) is 1.58. The van der Waals surface area contributed by atoms with Gasteiger partial charge in [0, 0.05) is 5.69 Å². The number of benzene rings is 2. The van der Waals surface area contributed by atoms with Gasteiger partial charge in [0.05, 0.1) is 6.04 Å². The Morgan fingerprint density at radius 2 is 1.68 bits per heavy atom. The van der Waals surface area contributed by atoms with E-state index in [2.05, 4.69) is 10.6 Å². The zero-order chi connectivity index (χ0) is 13.7. The number of hydrogen-bond acceptors (Lipinski definition) is 1. The zero-order valence-electron chi connectivity index (χ0n) is 10.6. The number of urea groups is 1. The Morgan fingerprint density at radius 3 is 2.32 bits per heavy atom. The van der Waals surface area contributed by atoms with Crippen LogP contribution >= 0.6 is 0 Å². The number of halogens is 1. The minimum Gasteiger partial charge on any atom is -0.331 e. The molecule has 2 aromatic rings. The number of hydrogen-bond donors (Lipinski definition) is 2. The predicted molar refractivity (Wildman–Crippen MR) is 73.4 cm³/mol. The van der Waals surface area contributed by atoms with E-state index in [1.807, 2.05) is 37.3 Å². The average Bonchev–Trinajstić information content (AvgIpc) is 2.40. The summed E-state index contributed by atoms with van der Waals surface area (Å²) in [6.07, 6.45) is 0. The van der Waals surface area contributed by atoms with Gasteiger partial charge >= 0.3 is 6.03 Å². The first kappa shape index (κ1) is 13.1. The third-order valence-electron chi connectivity index (χ3n) is 2.75. The summed E-state index contributed by atoms with van der Waals surface area (Å²) in [5.74, 6) is -0.287. The highest BCUT2D eigenvalue weighted by Crippen LogP contribution is 2.13. The Bertz CT molecular complexity index is 540. The van der Waals surface area contributed by atoms with Crippen LogP contribution in [0, 0.1) is 5.82 Å². The van der Waals surface area contributed by atoms with Crippen LogP contribution < -0.4 is 10.6 Å². The minimum absolute atomic E-state index is 0.190. The summed E-state index contributed by atoms with van der Waals surface area (Å²) in [7, 11) is 0. The van der Waals surface area contributed by atoms with Crippen molar-refractivity contribution in [2.45, 2.75) is 13.0 Å². The molecule has 19 heavy (non-hydrogen) atoms. The lowest BCUT2D eigenvalue weighted by atomic mass is 10.1. The second kappa shape index (κ2) is 6.00. The molecule has 2 N–H and O–H groups in total. The largest absolute Gasteiger partial charge is 0.331 e. The number of nitrogens with one attached hydrogen (secondary N) is 2. The van der Waals surface area contributed by atoms with Gasteiger partial charge in [-0.05, 0) is 36.8 Å². The number of amides is 2. The molecule has 0 aliphatic rings. The van der Waals surface area contributed by atoms with Crippen LogP contribution in [0.2, 0.25) is 0 Å². The van der Waals surface area contributed by atoms with Gasteiger partial charge in [-0.3, -0.25) is 0 Å². The van der Waals surface area contributed by atoms with E-state index in [0.717, 1.165) is 11.3 Å². The van der Waals surface area contributed by atoms with E-state index in [4.69, 9.17) is 0 Å². The van der Waals surface area contributed by atoms with Crippen molar-refractivity contribution in [3.63, 3.8) is 0 Å². The summed E-state index contributed by atoms with van der Waals surface area (Å²) >= 11 is 0. The van der Waals surface area contributed by atoms with E-state index >= 15 is 0 Å². The molecular formula is C15H15FN2O. The van der Waals surface area contributed by atoms with Crippen LogP contribution in [-0.2, 0) is 0 Å². The molecule has 0 saturated carbocycles. The summed E-state index contributed by atoms with van der Waals surface area (Å²) in [5, 5.41) is 5.52. The van der Waals surface area contributed by atoms with Gasteiger partial charge in [0.1, 0.15) is 5.82 Å². The first-order valence-corrected chi connectivity index (χ1v) is 6.03. The minimum atomic E-state index is -0.289. The molecule has 0 radical (unpaired) electrons. The number of rotatable bonds is 3. The summed E-state index contributed by atoms with van der Waals surface area (Å²) in [6.45, 7) is 1.85. The highest BCUT2D eigenvalue weighted by Gasteiger charge is 2.09. The molecule has 3 nitrogen and oxygen atoms in total. The van der Waals surface area contributed by atoms with E-state index in [-0.39, 0.29) is 17.9 Å². The highest BCUT2D eigenvalue weighted by molar-refractivity contribution is 5.89. The van der Waals surface area contributed by atoms with E-state index in [9.17, 15) is 9.18 Å². The van der Waals surface area contributed by atoms with Gasteiger partial charge in [0.15, 0.2) is 0 Å². The second-order valence-electron chi connectivity index (χ2n) is 4.24. The molecule has 0 fully saturated rings. The Kier molecular flexibility index (Phi) is 4.13. The molecule has 0 heterocycles. The normalized spacial score (nSPS) is 11.7. The molecule has 98 valence electrons. The molecule has 0 aromatic heterocycles. The van der Waals surface area contributed by atoms with Crippen LogP contribution in [0.3, 0.4) is 0 Å². The molecule has 4 heteroatoms. The van der Waals surface area contributed by atoms with Gasteiger partial charge in [-0.25, -0.2) is 9.18 Å². The maximum absolute atomic E-state index is 12.8. The van der Waals surface area contributed by atoms with Gasteiger partial charge in [-0.2, -0.15) is 0 Å². The molecule has 0 spiro atoms. The Hall–Kier alpha value is -2.36. The summed E-state index contributed by atoms with van der Waals surface area (Å²) in [4.78, 5) is 11.8. The second-order valence-corrected chi connectivity index (χ2v) is 4.24. The lowest BCUT2D eigenvalue weighted by Crippen LogP contribution is -2.31. The van der Waals surface area contributed by atoms with Gasteiger partial charge in [-0.15, -0.1) is 0 Å². The average molecular weight is 258 g/mol. The lowest BCUT2D eigenvalue weighted by Gasteiger charge is -2.15. The number of para-hydroxylation sites is 1. The molecule has 2 aromatic carbocycles. The summed E-state index contributed by atoms with van der Waals surface area (Å²) in [6, 6.07) is 14.8. The van der Waals surface area contributed by atoms with Crippen molar-refractivity contribution < 1.29 is 9.18 Å². The maximum Gasteiger partial charge on any atom is 0.319 e. The Labute approximate surface area is 111 Å². The molecular weight excluding hydrogens is 243 g/mol. The van der Waals surface area contributed by atoms with Crippen molar-refractivity contribution in [3.8, 4) is 0 Å². The van der Waals surface area contributed by atoms with Gasteiger partial charge in [0.2, 0.25) is 0 Å². The fourth-order valence-corrected chi connectivity index (χ4v) is 1.72. The van der Waals surface area contributed by atoms with Crippen molar-refractivity contribution in [3.05, 3.63) is 66.0 Å². The fraction of sp³-hybridized carbons (Fsp3) is 0.133. The van der Waals surface area contributed by atoms with Crippen molar-refractivity contribution in [2.75, 3.05) is 5.32 Å². The lowest BCUT2D eigenvalue weighted by molar-refractivity contribution is 0.249. The molecule has 0 saturated heterocycles. The molecule has 2 amide bonds. The fourth-order valence-electron chi connectivity index (χ4n) is 1.72. The quantitative estimate of drug-likeness (QED) is 0.865. The van der Waals surface area contributed by atoms with Gasteiger partial charge in [-0.1, -0.05) is 30.3 Å². The number of carbonyl (C=O) groups is 1. The standard InChI is InChI=1S/C15H15FN2O/c1-11(12-7-9-13(16)10-8-12)17-15(19)18-14-5-3-2-4-6-14/h2-11H,1H3,(H2,17,18,19)/t11-/m1/s1. The molecule has 0 aliphatic carbocycles. The first-order chi connectivity index (χ1) is 9.15. The number of carbonyl (C=O) groups excluding carboxylic acids is 1. The third-order valence-corrected chi connectivity index (χ3v) is 2.75. The zero-order valence-corrected chi connectivity index (χ0v) is 10.6. The molecule has 0 unspecified atom stereocenters. The van der Waals surface area contributed by atoms with Gasteiger partial charge < -0.3 is 10.6 Å². The number of anilines is 1. The van der Waals surface area contributed by atoms with Crippen molar-refractivity contribution in [2.24, 2.45) is 0 Å². The monoisotopic (exact) mass is 258 g/mol. The van der Waals surface area contributed by atoms with Crippen molar-refractivity contribution in [1.29, 1.82) is 0 Å². The molecule has 0 aliphatic heterocycles. The van der Waals surface area contributed by atoms with Gasteiger partial charge in [0.25, 0.3) is 0 Å². The van der Waals surface area contributed by atoms with Crippen LogP contribution in [0.15, 0.2) is 54.6 Å². The summed E-state index contributed by atoms with van der Waals surface area (Å²) < 4.78 is 12.8. The smallest absolute Gasteiger partial charge is 0.319 e. The predicted octanol–water partition coefficient (Wildman–Crippen LogP) is 3.71.